The Balaban J connectivity index is 2.29. The number of aromatic nitrogens is 1. The van der Waals surface area contributed by atoms with E-state index in [4.69, 9.17) is 4.74 Å². The highest BCUT2D eigenvalue weighted by molar-refractivity contribution is 7.92. The quantitative estimate of drug-likeness (QED) is 0.922. The molecule has 1 aromatic carbocycles. The predicted octanol–water partition coefficient (Wildman–Crippen LogP) is 2.90. The van der Waals surface area contributed by atoms with Gasteiger partial charge in [0.2, 0.25) is 0 Å². The van der Waals surface area contributed by atoms with E-state index >= 15 is 0 Å². The van der Waals surface area contributed by atoms with Crippen molar-refractivity contribution in [3.8, 4) is 5.75 Å². The van der Waals surface area contributed by atoms with Gasteiger partial charge in [-0.25, -0.2) is 13.4 Å². The Bertz CT molecular complexity index is 742. The fourth-order valence-electron chi connectivity index (χ4n) is 1.90. The van der Waals surface area contributed by atoms with Crippen LogP contribution in [-0.2, 0) is 10.0 Å². The first-order chi connectivity index (χ1) is 9.92. The molecule has 1 heterocycles. The Hall–Kier alpha value is -2.08. The third-order valence-corrected chi connectivity index (χ3v) is 4.24. The van der Waals surface area contributed by atoms with Crippen molar-refractivity contribution in [2.24, 2.45) is 0 Å². The van der Waals surface area contributed by atoms with Crippen LogP contribution in [-0.4, -0.2) is 20.0 Å². The number of nitrogens with zero attached hydrogens (tertiary/aromatic N) is 1. The van der Waals surface area contributed by atoms with Gasteiger partial charge in [0.25, 0.3) is 10.0 Å². The lowest BCUT2D eigenvalue weighted by atomic mass is 10.2. The first-order valence-electron chi connectivity index (χ1n) is 6.62. The van der Waals surface area contributed by atoms with Gasteiger partial charge in [-0.15, -0.1) is 0 Å². The molecule has 21 heavy (non-hydrogen) atoms. The molecule has 2 aromatic rings. The minimum absolute atomic E-state index is 0.187. The van der Waals surface area contributed by atoms with Gasteiger partial charge in [-0.2, -0.15) is 0 Å². The Morgan fingerprint density at radius 1 is 1.19 bits per heavy atom. The maximum atomic E-state index is 12.3. The van der Waals surface area contributed by atoms with E-state index in [9.17, 15) is 8.42 Å². The first-order valence-corrected chi connectivity index (χ1v) is 8.10. The zero-order chi connectivity index (χ0) is 15.5. The van der Waals surface area contributed by atoms with E-state index in [2.05, 4.69) is 9.71 Å². The molecule has 0 aliphatic rings. The van der Waals surface area contributed by atoms with Crippen molar-refractivity contribution < 1.29 is 13.2 Å². The molecule has 1 aromatic heterocycles. The van der Waals surface area contributed by atoms with Crippen molar-refractivity contribution in [2.45, 2.75) is 25.7 Å². The van der Waals surface area contributed by atoms with Gasteiger partial charge in [0.1, 0.15) is 11.6 Å². The Labute approximate surface area is 125 Å². The number of sulfonamides is 1. The molecule has 0 spiro atoms. The maximum Gasteiger partial charge on any atom is 0.263 e. The van der Waals surface area contributed by atoms with Crippen LogP contribution in [0.1, 0.15) is 18.2 Å². The van der Waals surface area contributed by atoms with Gasteiger partial charge in [-0.1, -0.05) is 6.07 Å². The van der Waals surface area contributed by atoms with Gasteiger partial charge in [0.05, 0.1) is 11.5 Å². The summed E-state index contributed by atoms with van der Waals surface area (Å²) in [5, 5.41) is 0. The molecule has 112 valence electrons. The summed E-state index contributed by atoms with van der Waals surface area (Å²) >= 11 is 0. The largest absolute Gasteiger partial charge is 0.494 e. The molecule has 0 saturated carbocycles. The average molecular weight is 306 g/mol. The number of nitrogens with one attached hydrogen (secondary N) is 1. The predicted molar refractivity (Wildman–Crippen MR) is 82.1 cm³/mol. The Kier molecular flexibility index (Phi) is 4.47. The van der Waals surface area contributed by atoms with Crippen LogP contribution in [0, 0.1) is 13.8 Å². The normalized spacial score (nSPS) is 11.2. The van der Waals surface area contributed by atoms with Crippen LogP contribution in [0.15, 0.2) is 41.3 Å². The molecular weight excluding hydrogens is 288 g/mol. The second-order valence-electron chi connectivity index (χ2n) is 4.63. The van der Waals surface area contributed by atoms with Crippen LogP contribution >= 0.6 is 0 Å². The second kappa shape index (κ2) is 6.13. The van der Waals surface area contributed by atoms with Gasteiger partial charge in [-0.3, -0.25) is 4.72 Å². The lowest BCUT2D eigenvalue weighted by Crippen LogP contribution is -2.14. The third-order valence-electron chi connectivity index (χ3n) is 2.88. The average Bonchev–Trinajstić information content (AvgIpc) is 2.40. The molecule has 2 rings (SSSR count). The Morgan fingerprint density at radius 3 is 2.57 bits per heavy atom. The summed E-state index contributed by atoms with van der Waals surface area (Å²) in [6, 6.07) is 9.95. The van der Waals surface area contributed by atoms with E-state index < -0.39 is 10.0 Å². The fraction of sp³-hybridized carbons (Fsp3) is 0.267. The molecule has 0 amide bonds. The molecule has 0 radical (unpaired) electrons. The summed E-state index contributed by atoms with van der Waals surface area (Å²) in [6.07, 6.45) is 0. The van der Waals surface area contributed by atoms with Crippen LogP contribution in [0.25, 0.3) is 0 Å². The number of pyridine rings is 1. The van der Waals surface area contributed by atoms with E-state index in [0.717, 1.165) is 11.3 Å². The molecule has 0 unspecified atom stereocenters. The summed E-state index contributed by atoms with van der Waals surface area (Å²) in [7, 11) is -3.65. The molecule has 0 aliphatic heterocycles. The van der Waals surface area contributed by atoms with Crippen molar-refractivity contribution in [3.63, 3.8) is 0 Å². The molecule has 6 heteroatoms. The highest BCUT2D eigenvalue weighted by Gasteiger charge is 2.16. The summed E-state index contributed by atoms with van der Waals surface area (Å²) in [4.78, 5) is 4.33. The topological polar surface area (TPSA) is 68.3 Å². The first kappa shape index (κ1) is 15.3. The van der Waals surface area contributed by atoms with Crippen LogP contribution < -0.4 is 9.46 Å². The summed E-state index contributed by atoms with van der Waals surface area (Å²) in [5.74, 6) is 0.992. The van der Waals surface area contributed by atoms with Gasteiger partial charge in [0.15, 0.2) is 0 Å². The van der Waals surface area contributed by atoms with Gasteiger partial charge in [-0.05, 0) is 56.7 Å². The molecule has 5 nitrogen and oxygen atoms in total. The lowest BCUT2D eigenvalue weighted by molar-refractivity contribution is 0.337. The molecule has 0 saturated heterocycles. The van der Waals surface area contributed by atoms with Crippen LogP contribution in [0.4, 0.5) is 5.82 Å². The molecular formula is C15H18N2O3S. The van der Waals surface area contributed by atoms with Crippen LogP contribution in [0.3, 0.4) is 0 Å². The highest BCUT2D eigenvalue weighted by atomic mass is 32.2. The molecule has 0 aliphatic carbocycles. The van der Waals surface area contributed by atoms with E-state index in [1.807, 2.05) is 13.8 Å². The molecule has 0 atom stereocenters. The highest BCUT2D eigenvalue weighted by Crippen LogP contribution is 2.23. The minimum atomic E-state index is -3.65. The fourth-order valence-corrected chi connectivity index (χ4v) is 2.99. The number of rotatable bonds is 5. The summed E-state index contributed by atoms with van der Waals surface area (Å²) in [6.45, 7) is 6.04. The number of benzene rings is 1. The van der Waals surface area contributed by atoms with Crippen molar-refractivity contribution >= 4 is 15.8 Å². The van der Waals surface area contributed by atoms with Crippen molar-refractivity contribution in [1.29, 1.82) is 0 Å². The number of hydrogen-bond donors (Lipinski definition) is 1. The van der Waals surface area contributed by atoms with Crippen molar-refractivity contribution in [2.75, 3.05) is 11.3 Å². The number of aryl methyl sites for hydroxylation is 2. The standard InChI is InChI=1S/C15H18N2O3S/c1-4-20-14-9-8-13(10-11(14)2)21(18,19)17-15-7-5-6-12(3)16-15/h5-10H,4H2,1-3H3,(H,16,17). The molecule has 1 N–H and O–H groups in total. The van der Waals surface area contributed by atoms with E-state index in [-0.39, 0.29) is 4.90 Å². The van der Waals surface area contributed by atoms with Gasteiger partial charge >= 0.3 is 0 Å². The summed E-state index contributed by atoms with van der Waals surface area (Å²) < 4.78 is 32.6. The monoisotopic (exact) mass is 306 g/mol. The van der Waals surface area contributed by atoms with E-state index in [1.165, 1.54) is 6.07 Å². The SMILES string of the molecule is CCOc1ccc(S(=O)(=O)Nc2cccc(C)n2)cc1C. The minimum Gasteiger partial charge on any atom is -0.494 e. The van der Waals surface area contributed by atoms with E-state index in [0.29, 0.717) is 18.2 Å². The van der Waals surface area contributed by atoms with Crippen molar-refractivity contribution in [3.05, 3.63) is 47.7 Å². The second-order valence-corrected chi connectivity index (χ2v) is 6.31. The van der Waals surface area contributed by atoms with Gasteiger partial charge in [0, 0.05) is 5.69 Å². The zero-order valence-corrected chi connectivity index (χ0v) is 13.1. The molecule has 0 fully saturated rings. The molecule has 0 bridgehead atoms. The van der Waals surface area contributed by atoms with Crippen LogP contribution in [0.5, 0.6) is 5.75 Å². The van der Waals surface area contributed by atoms with E-state index in [1.54, 1.807) is 37.3 Å². The smallest absolute Gasteiger partial charge is 0.263 e. The third kappa shape index (κ3) is 3.72. The number of anilines is 1. The summed E-state index contributed by atoms with van der Waals surface area (Å²) in [5.41, 5.74) is 1.52. The Morgan fingerprint density at radius 2 is 1.95 bits per heavy atom. The maximum absolute atomic E-state index is 12.3. The van der Waals surface area contributed by atoms with Crippen molar-refractivity contribution in [1.82, 2.24) is 4.98 Å². The number of hydrogen-bond acceptors (Lipinski definition) is 4. The van der Waals surface area contributed by atoms with Gasteiger partial charge < -0.3 is 4.74 Å². The lowest BCUT2D eigenvalue weighted by Gasteiger charge is -2.11. The van der Waals surface area contributed by atoms with Crippen LogP contribution in [0.2, 0.25) is 0 Å². The number of ether oxygens (including phenoxy) is 1. The zero-order valence-electron chi connectivity index (χ0n) is 12.3.